The molecule has 0 unspecified atom stereocenters. The molecule has 0 aliphatic rings. The minimum atomic E-state index is 0.655. The van der Waals surface area contributed by atoms with Gasteiger partial charge in [0.2, 0.25) is 0 Å². The van der Waals surface area contributed by atoms with Gasteiger partial charge in [0.25, 0.3) is 0 Å². The van der Waals surface area contributed by atoms with Gasteiger partial charge in [0.15, 0.2) is 0 Å². The Balaban J connectivity index is 1.65. The summed E-state index contributed by atoms with van der Waals surface area (Å²) >= 11 is 1.75. The van der Waals surface area contributed by atoms with Gasteiger partial charge < -0.3 is 4.74 Å². The molecule has 0 amide bonds. The van der Waals surface area contributed by atoms with Crippen LogP contribution >= 0.6 is 11.3 Å². The van der Waals surface area contributed by atoms with E-state index < -0.39 is 0 Å². The number of rotatable bonds is 5. The summed E-state index contributed by atoms with van der Waals surface area (Å²) in [5, 5.41) is 1.09. The molecule has 0 fully saturated rings. The molecule has 2 aromatic carbocycles. The Kier molecular flexibility index (Phi) is 4.54. The third kappa shape index (κ3) is 3.55. The van der Waals surface area contributed by atoms with Crippen molar-refractivity contribution in [1.82, 2.24) is 4.98 Å². The third-order valence-electron chi connectivity index (χ3n) is 3.51. The van der Waals surface area contributed by atoms with Crippen LogP contribution in [0.5, 0.6) is 5.75 Å². The SMILES string of the molecule is Cc1cccc(OCCc2nc(-c3ccccc3)sc2C)c1. The second-order valence-corrected chi connectivity index (χ2v) is 6.51. The van der Waals surface area contributed by atoms with Crippen LogP contribution in [0.1, 0.15) is 16.1 Å². The van der Waals surface area contributed by atoms with Gasteiger partial charge in [0, 0.05) is 16.9 Å². The molecular formula is C19H19NOS. The van der Waals surface area contributed by atoms with E-state index in [0.29, 0.717) is 6.61 Å². The fourth-order valence-corrected chi connectivity index (χ4v) is 3.30. The number of hydrogen-bond acceptors (Lipinski definition) is 3. The van der Waals surface area contributed by atoms with Gasteiger partial charge >= 0.3 is 0 Å². The Bertz CT molecular complexity index is 749. The van der Waals surface area contributed by atoms with Crippen LogP contribution in [0.25, 0.3) is 10.6 Å². The molecule has 3 rings (SSSR count). The molecular weight excluding hydrogens is 290 g/mol. The Morgan fingerprint density at radius 1 is 1.00 bits per heavy atom. The topological polar surface area (TPSA) is 22.1 Å². The Labute approximate surface area is 135 Å². The van der Waals surface area contributed by atoms with Crippen molar-refractivity contribution in [2.75, 3.05) is 6.61 Å². The summed E-state index contributed by atoms with van der Waals surface area (Å²) in [6.45, 7) is 4.86. The third-order valence-corrected chi connectivity index (χ3v) is 4.57. The van der Waals surface area contributed by atoms with Crippen molar-refractivity contribution in [2.45, 2.75) is 20.3 Å². The Morgan fingerprint density at radius 3 is 2.59 bits per heavy atom. The van der Waals surface area contributed by atoms with Crippen molar-refractivity contribution in [2.24, 2.45) is 0 Å². The van der Waals surface area contributed by atoms with Crippen LogP contribution in [0.2, 0.25) is 0 Å². The first-order valence-corrected chi connectivity index (χ1v) is 8.25. The van der Waals surface area contributed by atoms with Gasteiger partial charge in [-0.2, -0.15) is 0 Å². The molecule has 0 aliphatic carbocycles. The van der Waals surface area contributed by atoms with E-state index in [9.17, 15) is 0 Å². The van der Waals surface area contributed by atoms with E-state index in [-0.39, 0.29) is 0 Å². The first kappa shape index (κ1) is 14.8. The van der Waals surface area contributed by atoms with Gasteiger partial charge in [0.1, 0.15) is 10.8 Å². The Hall–Kier alpha value is -2.13. The van der Waals surface area contributed by atoms with Gasteiger partial charge in [-0.1, -0.05) is 42.5 Å². The summed E-state index contributed by atoms with van der Waals surface area (Å²) in [6.07, 6.45) is 0.836. The monoisotopic (exact) mass is 309 g/mol. The van der Waals surface area contributed by atoms with Crippen molar-refractivity contribution < 1.29 is 4.74 Å². The summed E-state index contributed by atoms with van der Waals surface area (Å²) in [4.78, 5) is 6.04. The normalized spacial score (nSPS) is 10.6. The summed E-state index contributed by atoms with van der Waals surface area (Å²) in [5.41, 5.74) is 3.53. The minimum Gasteiger partial charge on any atom is -0.493 e. The van der Waals surface area contributed by atoms with Crippen LogP contribution in [0, 0.1) is 13.8 Å². The molecule has 22 heavy (non-hydrogen) atoms. The van der Waals surface area contributed by atoms with Gasteiger partial charge in [-0.25, -0.2) is 4.98 Å². The molecule has 0 saturated carbocycles. The van der Waals surface area contributed by atoms with E-state index in [1.54, 1.807) is 11.3 Å². The molecule has 1 heterocycles. The lowest BCUT2D eigenvalue weighted by molar-refractivity contribution is 0.320. The number of nitrogens with zero attached hydrogens (tertiary/aromatic N) is 1. The average molecular weight is 309 g/mol. The van der Waals surface area contributed by atoms with Crippen LogP contribution in [0.3, 0.4) is 0 Å². The number of aromatic nitrogens is 1. The second-order valence-electron chi connectivity index (χ2n) is 5.30. The van der Waals surface area contributed by atoms with Crippen LogP contribution in [0.4, 0.5) is 0 Å². The maximum atomic E-state index is 5.83. The summed E-state index contributed by atoms with van der Waals surface area (Å²) < 4.78 is 5.83. The van der Waals surface area contributed by atoms with Crippen molar-refractivity contribution in [3.63, 3.8) is 0 Å². The fourth-order valence-electron chi connectivity index (χ4n) is 2.33. The first-order valence-electron chi connectivity index (χ1n) is 7.43. The lowest BCUT2D eigenvalue weighted by atomic mass is 10.2. The van der Waals surface area contributed by atoms with Crippen molar-refractivity contribution >= 4 is 11.3 Å². The fraction of sp³-hybridized carbons (Fsp3) is 0.211. The molecule has 112 valence electrons. The highest BCUT2D eigenvalue weighted by Gasteiger charge is 2.09. The highest BCUT2D eigenvalue weighted by Crippen LogP contribution is 2.27. The van der Waals surface area contributed by atoms with Crippen LogP contribution in [-0.4, -0.2) is 11.6 Å². The molecule has 2 nitrogen and oxygen atoms in total. The number of thiazole rings is 1. The summed E-state index contributed by atoms with van der Waals surface area (Å²) in [5.74, 6) is 0.927. The highest BCUT2D eigenvalue weighted by molar-refractivity contribution is 7.15. The molecule has 0 aliphatic heterocycles. The average Bonchev–Trinajstić information content (AvgIpc) is 2.90. The zero-order valence-electron chi connectivity index (χ0n) is 12.9. The van der Waals surface area contributed by atoms with Crippen LogP contribution in [-0.2, 0) is 6.42 Å². The number of ether oxygens (including phenoxy) is 1. The molecule has 0 N–H and O–H groups in total. The standard InChI is InChI=1S/C19H19NOS/c1-14-7-6-10-17(13-14)21-12-11-18-15(2)22-19(20-18)16-8-4-3-5-9-16/h3-10,13H,11-12H2,1-2H3. The van der Waals surface area contributed by atoms with Crippen LogP contribution in [0.15, 0.2) is 54.6 Å². The number of hydrogen-bond donors (Lipinski definition) is 0. The molecule has 3 heteroatoms. The molecule has 1 aromatic heterocycles. The largest absolute Gasteiger partial charge is 0.493 e. The lowest BCUT2D eigenvalue weighted by Gasteiger charge is -2.06. The smallest absolute Gasteiger partial charge is 0.123 e. The Morgan fingerprint density at radius 2 is 1.82 bits per heavy atom. The first-order chi connectivity index (χ1) is 10.7. The van der Waals surface area contributed by atoms with Crippen molar-refractivity contribution in [1.29, 1.82) is 0 Å². The zero-order valence-corrected chi connectivity index (χ0v) is 13.7. The molecule has 0 radical (unpaired) electrons. The van der Waals surface area contributed by atoms with Gasteiger partial charge in [0.05, 0.1) is 12.3 Å². The number of aryl methyl sites for hydroxylation is 2. The van der Waals surface area contributed by atoms with Crippen molar-refractivity contribution in [3.8, 4) is 16.3 Å². The van der Waals surface area contributed by atoms with Gasteiger partial charge in [-0.05, 0) is 31.5 Å². The predicted octanol–water partition coefficient (Wildman–Crippen LogP) is 5.05. The van der Waals surface area contributed by atoms with Crippen LogP contribution < -0.4 is 4.74 Å². The minimum absolute atomic E-state index is 0.655. The van der Waals surface area contributed by atoms with E-state index in [1.807, 2.05) is 30.3 Å². The van der Waals surface area contributed by atoms with Gasteiger partial charge in [-0.15, -0.1) is 11.3 Å². The predicted molar refractivity (Wildman–Crippen MR) is 92.7 cm³/mol. The molecule has 0 atom stereocenters. The maximum absolute atomic E-state index is 5.83. The van der Waals surface area contributed by atoms with Gasteiger partial charge in [-0.3, -0.25) is 0 Å². The highest BCUT2D eigenvalue weighted by atomic mass is 32.1. The van der Waals surface area contributed by atoms with E-state index in [4.69, 9.17) is 9.72 Å². The lowest BCUT2D eigenvalue weighted by Crippen LogP contribution is -2.02. The molecule has 0 bridgehead atoms. The molecule has 0 saturated heterocycles. The maximum Gasteiger partial charge on any atom is 0.123 e. The molecule has 3 aromatic rings. The quantitative estimate of drug-likeness (QED) is 0.658. The van der Waals surface area contributed by atoms with E-state index in [1.165, 1.54) is 16.0 Å². The van der Waals surface area contributed by atoms with E-state index >= 15 is 0 Å². The van der Waals surface area contributed by atoms with E-state index in [0.717, 1.165) is 22.9 Å². The summed E-state index contributed by atoms with van der Waals surface area (Å²) in [7, 11) is 0. The number of benzene rings is 2. The van der Waals surface area contributed by atoms with E-state index in [2.05, 4.69) is 38.1 Å². The van der Waals surface area contributed by atoms with Crippen molar-refractivity contribution in [3.05, 3.63) is 70.7 Å². The molecule has 0 spiro atoms. The second kappa shape index (κ2) is 6.75. The zero-order chi connectivity index (χ0) is 15.4. The summed E-state index contributed by atoms with van der Waals surface area (Å²) in [6, 6.07) is 18.5.